The van der Waals surface area contributed by atoms with E-state index in [4.69, 9.17) is 4.74 Å². The normalized spacial score (nSPS) is 24.2. The van der Waals surface area contributed by atoms with E-state index in [1.165, 1.54) is 24.8 Å². The fourth-order valence-corrected chi connectivity index (χ4v) is 2.89. The van der Waals surface area contributed by atoms with Crippen LogP contribution in [0.1, 0.15) is 37.7 Å². The first kappa shape index (κ1) is 11.1. The standard InChI is InChI=1S/C15H21NO/c1-2-16-14(9-11-7-8-11)13-10-17-15-6-4-3-5-12(13)15/h3-6,11,13-14,16H,2,7-10H2,1H3. The summed E-state index contributed by atoms with van der Waals surface area (Å²) in [5, 5.41) is 3.66. The van der Waals surface area contributed by atoms with Crippen LogP contribution in [0.3, 0.4) is 0 Å². The summed E-state index contributed by atoms with van der Waals surface area (Å²) in [6.07, 6.45) is 4.17. The Bertz CT molecular complexity index is 386. The van der Waals surface area contributed by atoms with Crippen LogP contribution in [0, 0.1) is 5.92 Å². The summed E-state index contributed by atoms with van der Waals surface area (Å²) in [6.45, 7) is 4.10. The molecule has 3 rings (SSSR count). The van der Waals surface area contributed by atoms with Gasteiger partial charge in [0.15, 0.2) is 0 Å². The first-order chi connectivity index (χ1) is 8.38. The molecule has 1 N–H and O–H groups in total. The molecule has 1 aromatic rings. The van der Waals surface area contributed by atoms with E-state index >= 15 is 0 Å². The van der Waals surface area contributed by atoms with Gasteiger partial charge in [-0.3, -0.25) is 0 Å². The fraction of sp³-hybridized carbons (Fsp3) is 0.600. The minimum atomic E-state index is 0.548. The summed E-state index contributed by atoms with van der Waals surface area (Å²) in [5.41, 5.74) is 1.40. The number of fused-ring (bicyclic) bond motifs is 1. The van der Waals surface area contributed by atoms with Crippen LogP contribution in [0.2, 0.25) is 0 Å². The number of likely N-dealkylation sites (N-methyl/N-ethyl adjacent to an activating group) is 1. The molecule has 2 nitrogen and oxygen atoms in total. The molecule has 2 atom stereocenters. The van der Waals surface area contributed by atoms with E-state index in [2.05, 4.69) is 36.5 Å². The fourth-order valence-electron chi connectivity index (χ4n) is 2.89. The van der Waals surface area contributed by atoms with Gasteiger partial charge in [0, 0.05) is 17.5 Å². The smallest absolute Gasteiger partial charge is 0.122 e. The van der Waals surface area contributed by atoms with Gasteiger partial charge < -0.3 is 10.1 Å². The van der Waals surface area contributed by atoms with Crippen LogP contribution >= 0.6 is 0 Å². The van der Waals surface area contributed by atoms with Crippen molar-refractivity contribution in [1.29, 1.82) is 0 Å². The maximum absolute atomic E-state index is 5.80. The van der Waals surface area contributed by atoms with Crippen LogP contribution < -0.4 is 10.1 Å². The average Bonchev–Trinajstić information content (AvgIpc) is 3.07. The van der Waals surface area contributed by atoms with Crippen LogP contribution in [0.4, 0.5) is 0 Å². The zero-order valence-corrected chi connectivity index (χ0v) is 10.5. The first-order valence-electron chi connectivity index (χ1n) is 6.83. The third-order valence-corrected chi connectivity index (χ3v) is 3.97. The molecular weight excluding hydrogens is 210 g/mol. The van der Waals surface area contributed by atoms with Crippen LogP contribution in [0.5, 0.6) is 5.75 Å². The minimum Gasteiger partial charge on any atom is -0.493 e. The molecule has 17 heavy (non-hydrogen) atoms. The molecule has 0 aromatic heterocycles. The van der Waals surface area contributed by atoms with Crippen LogP contribution in [0.25, 0.3) is 0 Å². The summed E-state index contributed by atoms with van der Waals surface area (Å²) in [7, 11) is 0. The number of ether oxygens (including phenoxy) is 1. The maximum atomic E-state index is 5.80. The summed E-state index contributed by atoms with van der Waals surface area (Å²) >= 11 is 0. The van der Waals surface area contributed by atoms with Crippen molar-refractivity contribution >= 4 is 0 Å². The molecule has 0 saturated heterocycles. The third-order valence-electron chi connectivity index (χ3n) is 3.97. The number of nitrogens with one attached hydrogen (secondary N) is 1. The predicted octanol–water partition coefficient (Wildman–Crippen LogP) is 2.94. The third kappa shape index (κ3) is 2.32. The maximum Gasteiger partial charge on any atom is 0.122 e. The zero-order chi connectivity index (χ0) is 11.7. The van der Waals surface area contributed by atoms with Crippen molar-refractivity contribution in [3.05, 3.63) is 29.8 Å². The molecule has 0 radical (unpaired) electrons. The molecule has 1 saturated carbocycles. The van der Waals surface area contributed by atoms with E-state index in [1.807, 2.05) is 0 Å². The Labute approximate surface area is 103 Å². The Morgan fingerprint density at radius 1 is 1.35 bits per heavy atom. The highest BCUT2D eigenvalue weighted by atomic mass is 16.5. The Morgan fingerprint density at radius 2 is 2.18 bits per heavy atom. The van der Waals surface area contributed by atoms with Gasteiger partial charge in [-0.25, -0.2) is 0 Å². The van der Waals surface area contributed by atoms with Gasteiger partial charge in [-0.15, -0.1) is 0 Å². The van der Waals surface area contributed by atoms with Gasteiger partial charge in [0.05, 0.1) is 6.61 Å². The molecule has 1 aliphatic carbocycles. The molecule has 2 aliphatic rings. The summed E-state index contributed by atoms with van der Waals surface area (Å²) < 4.78 is 5.80. The number of hydrogen-bond acceptors (Lipinski definition) is 2. The lowest BCUT2D eigenvalue weighted by molar-refractivity contribution is 0.289. The second-order valence-corrected chi connectivity index (χ2v) is 5.30. The quantitative estimate of drug-likeness (QED) is 0.841. The van der Waals surface area contributed by atoms with Gasteiger partial charge in [0.1, 0.15) is 5.75 Å². The predicted molar refractivity (Wildman–Crippen MR) is 69.5 cm³/mol. The highest BCUT2D eigenvalue weighted by molar-refractivity contribution is 5.40. The summed E-state index contributed by atoms with van der Waals surface area (Å²) in [5.74, 6) is 2.61. The van der Waals surface area contributed by atoms with Crippen molar-refractivity contribution in [1.82, 2.24) is 5.32 Å². The van der Waals surface area contributed by atoms with Gasteiger partial charge in [0.25, 0.3) is 0 Å². The topological polar surface area (TPSA) is 21.3 Å². The number of hydrogen-bond donors (Lipinski definition) is 1. The molecule has 1 fully saturated rings. The van der Waals surface area contributed by atoms with E-state index in [0.717, 1.165) is 24.8 Å². The molecule has 1 aliphatic heterocycles. The second kappa shape index (κ2) is 4.69. The lowest BCUT2D eigenvalue weighted by atomic mass is 9.90. The Hall–Kier alpha value is -1.02. The molecule has 1 heterocycles. The highest BCUT2D eigenvalue weighted by Gasteiger charge is 2.34. The largest absolute Gasteiger partial charge is 0.493 e. The van der Waals surface area contributed by atoms with E-state index in [0.29, 0.717) is 12.0 Å². The Kier molecular flexibility index (Phi) is 3.06. The van der Waals surface area contributed by atoms with Crippen LogP contribution in [-0.4, -0.2) is 19.2 Å². The molecule has 0 amide bonds. The number of para-hydroxylation sites is 1. The van der Waals surface area contributed by atoms with Gasteiger partial charge in [0.2, 0.25) is 0 Å². The van der Waals surface area contributed by atoms with Gasteiger partial charge >= 0.3 is 0 Å². The molecule has 1 aromatic carbocycles. The van der Waals surface area contributed by atoms with E-state index < -0.39 is 0 Å². The summed E-state index contributed by atoms with van der Waals surface area (Å²) in [6, 6.07) is 9.10. The lowest BCUT2D eigenvalue weighted by Crippen LogP contribution is -2.36. The summed E-state index contributed by atoms with van der Waals surface area (Å²) in [4.78, 5) is 0. The Balaban J connectivity index is 1.77. The van der Waals surface area contributed by atoms with Gasteiger partial charge in [-0.05, 0) is 24.9 Å². The second-order valence-electron chi connectivity index (χ2n) is 5.30. The van der Waals surface area contributed by atoms with Crippen molar-refractivity contribution < 1.29 is 4.74 Å². The number of rotatable bonds is 5. The van der Waals surface area contributed by atoms with Crippen LogP contribution in [-0.2, 0) is 0 Å². The molecule has 0 bridgehead atoms. The van der Waals surface area contributed by atoms with Crippen molar-refractivity contribution in [3.63, 3.8) is 0 Å². The molecular formula is C15H21NO. The lowest BCUT2D eigenvalue weighted by Gasteiger charge is -2.23. The molecule has 2 heteroatoms. The number of benzene rings is 1. The van der Waals surface area contributed by atoms with Crippen molar-refractivity contribution in [3.8, 4) is 5.75 Å². The van der Waals surface area contributed by atoms with Gasteiger partial charge in [-0.2, -0.15) is 0 Å². The monoisotopic (exact) mass is 231 g/mol. The zero-order valence-electron chi connectivity index (χ0n) is 10.5. The van der Waals surface area contributed by atoms with Crippen molar-refractivity contribution in [2.45, 2.75) is 38.1 Å². The molecule has 0 spiro atoms. The van der Waals surface area contributed by atoms with Crippen molar-refractivity contribution in [2.24, 2.45) is 5.92 Å². The highest BCUT2D eigenvalue weighted by Crippen LogP contribution is 2.41. The van der Waals surface area contributed by atoms with E-state index in [-0.39, 0.29) is 0 Å². The first-order valence-corrected chi connectivity index (χ1v) is 6.83. The van der Waals surface area contributed by atoms with Gasteiger partial charge in [-0.1, -0.05) is 38.0 Å². The van der Waals surface area contributed by atoms with Crippen molar-refractivity contribution in [2.75, 3.05) is 13.2 Å². The van der Waals surface area contributed by atoms with E-state index in [9.17, 15) is 0 Å². The SMILES string of the molecule is CCNC(CC1CC1)C1COc2ccccc21. The Morgan fingerprint density at radius 3 is 2.94 bits per heavy atom. The average molecular weight is 231 g/mol. The molecule has 92 valence electrons. The molecule has 2 unspecified atom stereocenters. The minimum absolute atomic E-state index is 0.548. The van der Waals surface area contributed by atoms with Crippen LogP contribution in [0.15, 0.2) is 24.3 Å². The van der Waals surface area contributed by atoms with E-state index in [1.54, 1.807) is 0 Å².